The zero-order chi connectivity index (χ0) is 27.6. The number of hydrazine groups is 1. The fraction of sp³-hybridized carbons (Fsp3) is 0.542. The van der Waals surface area contributed by atoms with Gasteiger partial charge in [-0.25, -0.2) is 24.0 Å². The number of nitrogen functional groups attached to an aromatic ring is 1. The number of halogens is 6. The predicted octanol–water partition coefficient (Wildman–Crippen LogP) is 4.41. The number of hydrogen-bond donors (Lipinski definition) is 2. The van der Waals surface area contributed by atoms with E-state index in [4.69, 9.17) is 5.84 Å². The smallest absolute Gasteiger partial charge is 0.349 e. The Hall–Kier alpha value is -3.13. The fourth-order valence-electron chi connectivity index (χ4n) is 5.63. The van der Waals surface area contributed by atoms with Gasteiger partial charge in [0, 0.05) is 51.6 Å². The number of nitrogens with one attached hydrogen (secondary N) is 1. The van der Waals surface area contributed by atoms with Gasteiger partial charge in [-0.05, 0) is 37.5 Å². The van der Waals surface area contributed by atoms with Crippen molar-refractivity contribution in [3.05, 3.63) is 41.0 Å². The van der Waals surface area contributed by atoms with Gasteiger partial charge in [-0.3, -0.25) is 10.3 Å². The highest BCUT2D eigenvalue weighted by Gasteiger charge is 2.51. The van der Waals surface area contributed by atoms with Crippen LogP contribution < -0.4 is 16.2 Å². The topological polar surface area (TPSA) is 88.1 Å². The second-order valence-corrected chi connectivity index (χ2v) is 10.1. The van der Waals surface area contributed by atoms with E-state index in [1.807, 2.05) is 35.3 Å². The van der Waals surface area contributed by atoms with E-state index < -0.39 is 48.3 Å². The quantitative estimate of drug-likeness (QED) is 0.281. The van der Waals surface area contributed by atoms with E-state index in [0.29, 0.717) is 42.7 Å². The lowest BCUT2D eigenvalue weighted by Gasteiger charge is -2.49. The molecule has 2 unspecified atom stereocenters. The van der Waals surface area contributed by atoms with Crippen molar-refractivity contribution in [2.75, 3.05) is 30.0 Å². The van der Waals surface area contributed by atoms with Crippen LogP contribution in [-0.2, 0) is 13.2 Å². The number of imidazole rings is 1. The maximum atomic E-state index is 14.5. The molecule has 3 heterocycles. The van der Waals surface area contributed by atoms with E-state index in [-0.39, 0.29) is 17.6 Å². The minimum absolute atomic E-state index is 0.183. The van der Waals surface area contributed by atoms with E-state index in [1.54, 1.807) is 0 Å². The van der Waals surface area contributed by atoms with Gasteiger partial charge >= 0.3 is 6.18 Å². The number of piperazine rings is 1. The van der Waals surface area contributed by atoms with E-state index >= 15 is 0 Å². The first-order valence-corrected chi connectivity index (χ1v) is 12.2. The number of hydrogen-bond acceptors (Lipinski definition) is 7. The number of alkyl halides is 5. The third-order valence-corrected chi connectivity index (χ3v) is 7.59. The molecule has 0 radical (unpaired) electrons. The van der Waals surface area contributed by atoms with E-state index in [2.05, 4.69) is 20.4 Å². The maximum Gasteiger partial charge on any atom is 0.419 e. The zero-order valence-electron chi connectivity index (χ0n) is 21.0. The lowest BCUT2D eigenvalue weighted by Crippen LogP contribution is -2.56. The molecule has 38 heavy (non-hydrogen) atoms. The van der Waals surface area contributed by atoms with Crippen LogP contribution in [0.1, 0.15) is 42.8 Å². The Balaban J connectivity index is 1.45. The van der Waals surface area contributed by atoms with Crippen molar-refractivity contribution < 1.29 is 26.3 Å². The molecule has 2 fully saturated rings. The summed E-state index contributed by atoms with van der Waals surface area (Å²) in [5.41, 5.74) is 2.53. The Morgan fingerprint density at radius 2 is 1.84 bits per heavy atom. The first-order chi connectivity index (χ1) is 17.8. The Morgan fingerprint density at radius 3 is 2.42 bits per heavy atom. The third kappa shape index (κ3) is 4.64. The molecule has 1 aromatic carbocycles. The highest BCUT2D eigenvalue weighted by Crippen LogP contribution is 2.51. The Kier molecular flexibility index (Phi) is 6.45. The van der Waals surface area contributed by atoms with Gasteiger partial charge in [-0.1, -0.05) is 6.07 Å². The lowest BCUT2D eigenvalue weighted by atomic mass is 9.73. The average Bonchev–Trinajstić information content (AvgIpc) is 3.10. The largest absolute Gasteiger partial charge is 0.419 e. The molecule has 5 rings (SSSR count). The van der Waals surface area contributed by atoms with Crippen LogP contribution in [0.15, 0.2) is 18.2 Å². The molecule has 1 aliphatic carbocycles. The van der Waals surface area contributed by atoms with Crippen molar-refractivity contribution in [3.8, 4) is 0 Å². The molecular weight excluding hydrogens is 514 g/mol. The molecule has 1 aliphatic heterocycles. The molecule has 2 aliphatic rings. The van der Waals surface area contributed by atoms with E-state index in [9.17, 15) is 26.3 Å². The maximum absolute atomic E-state index is 14.5. The van der Waals surface area contributed by atoms with Crippen LogP contribution in [0.4, 0.5) is 38.1 Å². The monoisotopic (exact) mass is 542 g/mol. The normalized spacial score (nSPS) is 21.5. The van der Waals surface area contributed by atoms with Crippen LogP contribution in [0.3, 0.4) is 0 Å². The van der Waals surface area contributed by atoms with Gasteiger partial charge in [0.2, 0.25) is 11.9 Å². The molecule has 0 bridgehead atoms. The second kappa shape index (κ2) is 9.26. The molecule has 0 spiro atoms. The number of nitrogens with zero attached hydrogens (tertiary/aromatic N) is 6. The lowest BCUT2D eigenvalue weighted by molar-refractivity contribution is -0.140. The van der Waals surface area contributed by atoms with Crippen molar-refractivity contribution in [3.63, 3.8) is 0 Å². The SMILES string of the molecule is Cc1nc2c(N3CCN(C(c4ccc(C(F)(F)F)c(F)c4)C4CC(F)(F)C4)CC3C)nc(NN)nc2n1C. The summed E-state index contributed by atoms with van der Waals surface area (Å²) in [5.74, 6) is 2.32. The summed E-state index contributed by atoms with van der Waals surface area (Å²) in [6.45, 7) is 4.98. The number of rotatable bonds is 5. The van der Waals surface area contributed by atoms with Crippen molar-refractivity contribution >= 4 is 22.9 Å². The van der Waals surface area contributed by atoms with Crippen LogP contribution in [0, 0.1) is 18.7 Å². The Labute approximate surface area is 214 Å². The van der Waals surface area contributed by atoms with Crippen LogP contribution in [0.25, 0.3) is 11.2 Å². The van der Waals surface area contributed by atoms with Crippen molar-refractivity contribution in [2.45, 2.75) is 50.9 Å². The zero-order valence-corrected chi connectivity index (χ0v) is 21.0. The first-order valence-electron chi connectivity index (χ1n) is 12.2. The molecule has 0 amide bonds. The highest BCUT2D eigenvalue weighted by molar-refractivity contribution is 5.85. The van der Waals surface area contributed by atoms with Gasteiger partial charge in [-0.2, -0.15) is 23.1 Å². The molecule has 2 atom stereocenters. The second-order valence-electron chi connectivity index (χ2n) is 10.1. The minimum Gasteiger partial charge on any atom is -0.349 e. The summed E-state index contributed by atoms with van der Waals surface area (Å²) < 4.78 is 83.4. The van der Waals surface area contributed by atoms with Crippen molar-refractivity contribution in [1.82, 2.24) is 24.4 Å². The van der Waals surface area contributed by atoms with Gasteiger partial charge in [0.15, 0.2) is 17.0 Å². The number of nitrogens with two attached hydrogens (primary N) is 1. The van der Waals surface area contributed by atoms with Gasteiger partial charge in [-0.15, -0.1) is 0 Å². The molecule has 2 aromatic heterocycles. The molecule has 1 saturated carbocycles. The minimum atomic E-state index is -4.84. The van der Waals surface area contributed by atoms with E-state index in [1.165, 1.54) is 6.07 Å². The summed E-state index contributed by atoms with van der Waals surface area (Å²) in [6, 6.07) is 1.90. The summed E-state index contributed by atoms with van der Waals surface area (Å²) in [7, 11) is 1.82. The first kappa shape index (κ1) is 26.5. The highest BCUT2D eigenvalue weighted by atomic mass is 19.4. The molecule has 206 valence electrons. The Morgan fingerprint density at radius 1 is 1.13 bits per heavy atom. The molecule has 8 nitrogen and oxygen atoms in total. The predicted molar refractivity (Wildman–Crippen MR) is 129 cm³/mol. The van der Waals surface area contributed by atoms with Gasteiger partial charge in [0.25, 0.3) is 0 Å². The number of fused-ring (bicyclic) bond motifs is 1. The molecule has 14 heteroatoms. The standard InChI is InChI=1S/C24H28F6N8/c1-12-11-37(6-7-38(12)21-18-20(33-22(34-21)35-31)36(3)13(2)32-18)19(15-9-23(26,27)10-15)14-4-5-16(17(25)8-14)24(28,29)30/h4-5,8,12,15,19H,6-7,9-11,31H2,1-3H3,(H,33,34,35). The molecular formula is C24H28F6N8. The van der Waals surface area contributed by atoms with Crippen LogP contribution in [0.5, 0.6) is 0 Å². The number of aromatic nitrogens is 4. The van der Waals surface area contributed by atoms with Crippen LogP contribution >= 0.6 is 0 Å². The summed E-state index contributed by atoms with van der Waals surface area (Å²) in [5, 5.41) is 0. The van der Waals surface area contributed by atoms with Crippen molar-refractivity contribution in [2.24, 2.45) is 18.8 Å². The fourth-order valence-corrected chi connectivity index (χ4v) is 5.63. The molecule has 3 N–H and O–H groups in total. The number of aryl methyl sites for hydroxylation is 2. The van der Waals surface area contributed by atoms with E-state index in [0.717, 1.165) is 11.9 Å². The van der Waals surface area contributed by atoms with Crippen LogP contribution in [-0.4, -0.2) is 56.0 Å². The third-order valence-electron chi connectivity index (χ3n) is 7.59. The average molecular weight is 543 g/mol. The summed E-state index contributed by atoms with van der Waals surface area (Å²) in [4.78, 5) is 17.5. The molecule has 1 saturated heterocycles. The van der Waals surface area contributed by atoms with Gasteiger partial charge in [0.1, 0.15) is 11.6 Å². The molecule has 3 aromatic rings. The summed E-state index contributed by atoms with van der Waals surface area (Å²) >= 11 is 0. The number of anilines is 2. The van der Waals surface area contributed by atoms with Gasteiger partial charge < -0.3 is 9.47 Å². The van der Waals surface area contributed by atoms with Crippen LogP contribution in [0.2, 0.25) is 0 Å². The van der Waals surface area contributed by atoms with Crippen molar-refractivity contribution in [1.29, 1.82) is 0 Å². The number of benzene rings is 1. The Bertz CT molecular complexity index is 1350. The summed E-state index contributed by atoms with van der Waals surface area (Å²) in [6.07, 6.45) is -5.65. The van der Waals surface area contributed by atoms with Gasteiger partial charge in [0.05, 0.1) is 5.56 Å².